The van der Waals surface area contributed by atoms with Crippen molar-refractivity contribution in [3.05, 3.63) is 28.2 Å². The third kappa shape index (κ3) is 3.85. The lowest BCUT2D eigenvalue weighted by atomic mass is 10.2. The van der Waals surface area contributed by atoms with E-state index in [-0.39, 0.29) is 12.4 Å². The lowest BCUT2D eigenvalue weighted by Crippen LogP contribution is -2.26. The molecule has 1 aromatic carbocycles. The van der Waals surface area contributed by atoms with Crippen LogP contribution in [0.2, 0.25) is 0 Å². The third-order valence-electron chi connectivity index (χ3n) is 2.93. The highest BCUT2D eigenvalue weighted by Crippen LogP contribution is 2.26. The zero-order valence-electron chi connectivity index (χ0n) is 9.86. The number of methoxy groups -OCH3 is 1. The van der Waals surface area contributed by atoms with Crippen molar-refractivity contribution in [1.82, 2.24) is 4.90 Å². The van der Waals surface area contributed by atoms with Crippen LogP contribution in [0.5, 0.6) is 5.75 Å². The summed E-state index contributed by atoms with van der Waals surface area (Å²) >= 11 is 3.50. The largest absolute Gasteiger partial charge is 0.496 e. The molecule has 1 fully saturated rings. The van der Waals surface area contributed by atoms with Crippen molar-refractivity contribution in [2.75, 3.05) is 20.2 Å². The van der Waals surface area contributed by atoms with Crippen LogP contribution in [0.1, 0.15) is 12.0 Å². The van der Waals surface area contributed by atoms with E-state index in [4.69, 9.17) is 10.5 Å². The molecule has 0 unspecified atom stereocenters. The van der Waals surface area contributed by atoms with E-state index in [1.54, 1.807) is 7.11 Å². The lowest BCUT2D eigenvalue weighted by molar-refractivity contribution is 0.326. The van der Waals surface area contributed by atoms with Crippen LogP contribution in [0, 0.1) is 0 Å². The number of benzene rings is 1. The maximum atomic E-state index is 5.88. The molecule has 0 saturated carbocycles. The third-order valence-corrected chi connectivity index (χ3v) is 3.55. The van der Waals surface area contributed by atoms with E-state index in [2.05, 4.69) is 33.0 Å². The first kappa shape index (κ1) is 14.8. The van der Waals surface area contributed by atoms with Gasteiger partial charge >= 0.3 is 0 Å². The molecule has 0 spiro atoms. The Morgan fingerprint density at radius 3 is 2.82 bits per heavy atom. The van der Waals surface area contributed by atoms with Crippen molar-refractivity contribution in [1.29, 1.82) is 0 Å². The first-order valence-corrected chi connectivity index (χ1v) is 6.28. The quantitative estimate of drug-likeness (QED) is 0.929. The Balaban J connectivity index is 0.00000144. The van der Waals surface area contributed by atoms with Gasteiger partial charge in [0.15, 0.2) is 0 Å². The summed E-state index contributed by atoms with van der Waals surface area (Å²) in [5, 5.41) is 0. The summed E-state index contributed by atoms with van der Waals surface area (Å²) in [6, 6.07) is 6.56. The Labute approximate surface area is 117 Å². The van der Waals surface area contributed by atoms with E-state index in [0.717, 1.165) is 36.3 Å². The zero-order chi connectivity index (χ0) is 11.5. The highest BCUT2D eigenvalue weighted by atomic mass is 79.9. The van der Waals surface area contributed by atoms with E-state index < -0.39 is 0 Å². The minimum absolute atomic E-state index is 0. The van der Waals surface area contributed by atoms with Gasteiger partial charge in [0.25, 0.3) is 0 Å². The molecule has 0 aliphatic carbocycles. The molecule has 0 aromatic heterocycles. The molecule has 1 heterocycles. The molecule has 96 valence electrons. The number of nitrogens with zero attached hydrogens (tertiary/aromatic N) is 1. The minimum atomic E-state index is 0. The van der Waals surface area contributed by atoms with Gasteiger partial charge in [-0.2, -0.15) is 0 Å². The first-order chi connectivity index (χ1) is 7.69. The second kappa shape index (κ2) is 6.59. The maximum absolute atomic E-state index is 5.88. The Morgan fingerprint density at radius 1 is 1.53 bits per heavy atom. The van der Waals surface area contributed by atoms with Gasteiger partial charge in [0.2, 0.25) is 0 Å². The van der Waals surface area contributed by atoms with Crippen molar-refractivity contribution >= 4 is 28.3 Å². The second-order valence-electron chi connectivity index (χ2n) is 4.25. The fourth-order valence-corrected chi connectivity index (χ4v) is 2.66. The maximum Gasteiger partial charge on any atom is 0.133 e. The normalized spacial score (nSPS) is 20.1. The Morgan fingerprint density at radius 2 is 2.29 bits per heavy atom. The van der Waals surface area contributed by atoms with Crippen LogP contribution in [-0.4, -0.2) is 31.1 Å². The molecule has 1 aromatic rings. The van der Waals surface area contributed by atoms with Gasteiger partial charge in [-0.1, -0.05) is 6.07 Å². The first-order valence-electron chi connectivity index (χ1n) is 5.49. The molecule has 0 bridgehead atoms. The molecule has 5 heteroatoms. The molecule has 17 heavy (non-hydrogen) atoms. The van der Waals surface area contributed by atoms with Crippen molar-refractivity contribution in [2.45, 2.75) is 19.0 Å². The molecular formula is C12H18BrClN2O. The predicted molar refractivity (Wildman–Crippen MR) is 75.8 cm³/mol. The van der Waals surface area contributed by atoms with Crippen molar-refractivity contribution in [2.24, 2.45) is 5.73 Å². The van der Waals surface area contributed by atoms with Crippen LogP contribution >= 0.6 is 28.3 Å². The number of ether oxygens (including phenoxy) is 1. The molecule has 3 nitrogen and oxygen atoms in total. The van der Waals surface area contributed by atoms with E-state index in [0.29, 0.717) is 6.04 Å². The van der Waals surface area contributed by atoms with Gasteiger partial charge in [0.1, 0.15) is 5.75 Å². The smallest absolute Gasteiger partial charge is 0.133 e. The predicted octanol–water partition coefficient (Wildman–Crippen LogP) is 2.41. The van der Waals surface area contributed by atoms with Crippen molar-refractivity contribution in [3.63, 3.8) is 0 Å². The monoisotopic (exact) mass is 320 g/mol. The number of rotatable bonds is 3. The van der Waals surface area contributed by atoms with Gasteiger partial charge in [-0.3, -0.25) is 4.90 Å². The van der Waals surface area contributed by atoms with Crippen LogP contribution in [0.3, 0.4) is 0 Å². The molecule has 2 rings (SSSR count). The molecule has 0 radical (unpaired) electrons. The topological polar surface area (TPSA) is 38.5 Å². The summed E-state index contributed by atoms with van der Waals surface area (Å²) < 4.78 is 6.22. The average Bonchev–Trinajstić information content (AvgIpc) is 2.64. The van der Waals surface area contributed by atoms with Crippen LogP contribution in [0.4, 0.5) is 0 Å². The molecule has 2 N–H and O–H groups in total. The van der Waals surface area contributed by atoms with Crippen molar-refractivity contribution in [3.8, 4) is 5.75 Å². The number of nitrogens with two attached hydrogens (primary N) is 1. The molecule has 0 amide bonds. The molecule has 1 saturated heterocycles. The number of likely N-dealkylation sites (tertiary alicyclic amines) is 1. The van der Waals surface area contributed by atoms with Gasteiger partial charge in [-0.15, -0.1) is 12.4 Å². The van der Waals surface area contributed by atoms with Crippen LogP contribution in [0.15, 0.2) is 22.7 Å². The number of hydrogen-bond acceptors (Lipinski definition) is 3. The Bertz CT molecular complexity index is 376. The number of hydrogen-bond donors (Lipinski definition) is 1. The van der Waals surface area contributed by atoms with E-state index in [9.17, 15) is 0 Å². The minimum Gasteiger partial charge on any atom is -0.496 e. The summed E-state index contributed by atoms with van der Waals surface area (Å²) in [6.45, 7) is 3.07. The van der Waals surface area contributed by atoms with Gasteiger partial charge in [0.05, 0.1) is 11.6 Å². The fourth-order valence-electron chi connectivity index (χ4n) is 2.07. The average molecular weight is 322 g/mol. The standard InChI is InChI=1S/C12H17BrN2O.ClH/c1-16-12-3-2-9(6-11(12)13)7-15-5-4-10(14)8-15;/h2-3,6,10H,4-5,7-8,14H2,1H3;1H/t10-;/m0./s1. The molecule has 1 atom stereocenters. The van der Waals surface area contributed by atoms with Crippen LogP contribution in [-0.2, 0) is 6.54 Å². The summed E-state index contributed by atoms with van der Waals surface area (Å²) in [5.74, 6) is 0.877. The van der Waals surface area contributed by atoms with E-state index in [1.807, 2.05) is 6.07 Å². The summed E-state index contributed by atoms with van der Waals surface area (Å²) in [6.07, 6.45) is 1.11. The Kier molecular flexibility index (Phi) is 5.73. The van der Waals surface area contributed by atoms with Crippen LogP contribution < -0.4 is 10.5 Å². The van der Waals surface area contributed by atoms with Gasteiger partial charge < -0.3 is 10.5 Å². The van der Waals surface area contributed by atoms with Gasteiger partial charge in [-0.05, 0) is 40.0 Å². The SMILES string of the molecule is COc1ccc(CN2CC[C@H](N)C2)cc1Br.Cl. The fraction of sp³-hybridized carbons (Fsp3) is 0.500. The Hall–Kier alpha value is -0.290. The second-order valence-corrected chi connectivity index (χ2v) is 5.11. The molecule has 1 aliphatic rings. The summed E-state index contributed by atoms with van der Waals surface area (Å²) in [7, 11) is 1.68. The van der Waals surface area contributed by atoms with Gasteiger partial charge in [-0.25, -0.2) is 0 Å². The highest BCUT2D eigenvalue weighted by molar-refractivity contribution is 9.10. The summed E-state index contributed by atoms with van der Waals surface area (Å²) in [4.78, 5) is 2.39. The van der Waals surface area contributed by atoms with Gasteiger partial charge in [0, 0.05) is 25.7 Å². The lowest BCUT2D eigenvalue weighted by Gasteiger charge is -2.15. The summed E-state index contributed by atoms with van der Waals surface area (Å²) in [5.41, 5.74) is 7.18. The van der Waals surface area contributed by atoms with E-state index in [1.165, 1.54) is 5.56 Å². The van der Waals surface area contributed by atoms with Crippen molar-refractivity contribution < 1.29 is 4.74 Å². The number of halogens is 2. The zero-order valence-corrected chi connectivity index (χ0v) is 12.3. The molecular weight excluding hydrogens is 304 g/mol. The molecule has 1 aliphatic heterocycles. The van der Waals surface area contributed by atoms with E-state index >= 15 is 0 Å². The van der Waals surface area contributed by atoms with Crippen LogP contribution in [0.25, 0.3) is 0 Å². The highest BCUT2D eigenvalue weighted by Gasteiger charge is 2.18.